The van der Waals surface area contributed by atoms with Gasteiger partial charge < -0.3 is 30.7 Å². The number of nitrogens with zero attached hydrogens (tertiary/aromatic N) is 14. The quantitative estimate of drug-likeness (QED) is 0.0623. The average Bonchev–Trinajstić information content (AvgIpc) is 4.21. The second kappa shape index (κ2) is 19.9. The number of tetrazole rings is 3. The Labute approximate surface area is 389 Å². The molecule has 340 valence electrons. The molecule has 0 aliphatic heterocycles. The highest BCUT2D eigenvalue weighted by atomic mass is 32.1. The van der Waals surface area contributed by atoms with Gasteiger partial charge in [0.05, 0.1) is 55.2 Å². The molecule has 0 atom stereocenters. The lowest BCUT2D eigenvalue weighted by atomic mass is 10.2. The molecule has 8 heterocycles. The first-order chi connectivity index (χ1) is 33.2. The Bertz CT molecular complexity index is 3530. The standard InChI is InChI=1S/C10H10N6.2C9H8N6.C8H9N3.C8H8N2S/c1-2-9-11-7-4-3-6(5-8(7)12-9)10-13-15-16-14-10;2*1-5-10-7-3-2-6(4-8(7)11-5)9-12-14-15-13-9;1-5-10-7-3-2-6(9)4-8(7)11-5;11-5-8-9-6-3-1-2-4-7(6)10-8/h3-5H,2H2,1H3,(H,11,12)(H,13,14,15,16);2*2-4H,1H3,(H,10,11)(H,12,13,14,15);2-4H,9H2,1H3,(H,10,11);1-4,11H,5H2,(H,9,10). The molecule has 0 unspecified atom stereocenters. The van der Waals surface area contributed by atoms with Gasteiger partial charge in [-0.3, -0.25) is 0 Å². The number of nitrogens with two attached hydrogens (primary N) is 1. The van der Waals surface area contributed by atoms with Crippen LogP contribution in [0.2, 0.25) is 0 Å². The number of aryl methyl sites for hydroxylation is 4. The molecule has 13 rings (SSSR count). The zero-order chi connectivity index (χ0) is 47.0. The Morgan fingerprint density at radius 2 is 0.838 bits per heavy atom. The highest BCUT2D eigenvalue weighted by Gasteiger charge is 2.09. The van der Waals surface area contributed by atoms with E-state index in [1.165, 1.54) is 0 Å². The SMILES string of the molecule is CCc1nc2ccc(-c3nn[nH]n3)cc2[nH]1.Cc1nc2ccc(-c3nn[nH]n3)cc2[nH]1.Cc1nc2ccc(-c3nn[nH]n3)cc2[nH]1.Cc1nc2ccc(N)cc2[nH]1.SCc1nc2ccccc2[nH]1. The van der Waals surface area contributed by atoms with Gasteiger partial charge in [-0.2, -0.15) is 28.3 Å². The summed E-state index contributed by atoms with van der Waals surface area (Å²) in [6.07, 6.45) is 0.895. The summed E-state index contributed by atoms with van der Waals surface area (Å²) in [6, 6.07) is 31.1. The van der Waals surface area contributed by atoms with Crippen LogP contribution in [-0.4, -0.2) is 112 Å². The monoisotopic (exact) mass is 925 g/mol. The minimum atomic E-state index is 0.587. The third-order valence-electron chi connectivity index (χ3n) is 10.1. The van der Waals surface area contributed by atoms with Crippen molar-refractivity contribution < 1.29 is 0 Å². The van der Waals surface area contributed by atoms with E-state index in [0.717, 1.165) is 113 Å². The van der Waals surface area contributed by atoms with E-state index in [4.69, 9.17) is 5.73 Å². The third kappa shape index (κ3) is 10.3. The summed E-state index contributed by atoms with van der Waals surface area (Å²) in [4.78, 5) is 37.5. The van der Waals surface area contributed by atoms with Crippen molar-refractivity contribution in [1.29, 1.82) is 0 Å². The van der Waals surface area contributed by atoms with E-state index >= 15 is 0 Å². The van der Waals surface area contributed by atoms with Crippen LogP contribution in [0.4, 0.5) is 5.69 Å². The van der Waals surface area contributed by atoms with E-state index in [-0.39, 0.29) is 0 Å². The van der Waals surface area contributed by atoms with Crippen LogP contribution in [0.5, 0.6) is 0 Å². The van der Waals surface area contributed by atoms with Gasteiger partial charge >= 0.3 is 0 Å². The first-order valence-corrected chi connectivity index (χ1v) is 21.7. The molecule has 0 spiro atoms. The molecule has 0 aliphatic rings. The highest BCUT2D eigenvalue weighted by Crippen LogP contribution is 2.22. The van der Waals surface area contributed by atoms with Crippen LogP contribution in [0.1, 0.15) is 36.0 Å². The van der Waals surface area contributed by atoms with Crippen LogP contribution in [0.25, 0.3) is 89.3 Å². The number of thiol groups is 1. The number of imidazole rings is 5. The molecule has 0 amide bonds. The number of H-pyrrole nitrogens is 8. The Balaban J connectivity index is 0.000000107. The van der Waals surface area contributed by atoms with Crippen LogP contribution in [-0.2, 0) is 12.2 Å². The molecule has 68 heavy (non-hydrogen) atoms. The van der Waals surface area contributed by atoms with Crippen LogP contribution in [0.15, 0.2) is 97.1 Å². The molecule has 0 bridgehead atoms. The first-order valence-electron chi connectivity index (χ1n) is 21.1. The van der Waals surface area contributed by atoms with Crippen molar-refractivity contribution in [1.82, 2.24) is 112 Å². The van der Waals surface area contributed by atoms with Crippen LogP contribution < -0.4 is 5.73 Å². The van der Waals surface area contributed by atoms with Crippen molar-refractivity contribution in [3.63, 3.8) is 0 Å². The van der Waals surface area contributed by atoms with Gasteiger partial charge in [-0.05, 0) is 121 Å². The molecule has 10 N–H and O–H groups in total. The number of aromatic nitrogens is 22. The predicted molar refractivity (Wildman–Crippen MR) is 261 cm³/mol. The lowest BCUT2D eigenvalue weighted by molar-refractivity contribution is 0.881. The average molecular weight is 926 g/mol. The van der Waals surface area contributed by atoms with Gasteiger partial charge in [-0.15, -0.1) is 30.6 Å². The Morgan fingerprint density at radius 1 is 0.441 bits per heavy atom. The van der Waals surface area contributed by atoms with Gasteiger partial charge in [0.1, 0.15) is 29.1 Å². The highest BCUT2D eigenvalue weighted by molar-refractivity contribution is 7.79. The van der Waals surface area contributed by atoms with Crippen LogP contribution in [0.3, 0.4) is 0 Å². The maximum Gasteiger partial charge on any atom is 0.204 e. The molecule has 0 aliphatic carbocycles. The van der Waals surface area contributed by atoms with Gasteiger partial charge in [-0.25, -0.2) is 24.9 Å². The number of para-hydroxylation sites is 2. The smallest absolute Gasteiger partial charge is 0.204 e. The molecule has 13 aromatic rings. The molecule has 24 heteroatoms. The number of hydrogen-bond donors (Lipinski definition) is 10. The van der Waals surface area contributed by atoms with E-state index < -0.39 is 0 Å². The summed E-state index contributed by atoms with van der Waals surface area (Å²) in [5.41, 5.74) is 19.0. The Morgan fingerprint density at radius 3 is 1.28 bits per heavy atom. The fourth-order valence-corrected chi connectivity index (χ4v) is 7.16. The summed E-state index contributed by atoms with van der Waals surface area (Å²) in [6.45, 7) is 7.84. The van der Waals surface area contributed by atoms with Crippen LogP contribution >= 0.6 is 12.6 Å². The maximum atomic E-state index is 5.59. The maximum absolute atomic E-state index is 5.59. The van der Waals surface area contributed by atoms with E-state index in [2.05, 4.69) is 131 Å². The molecule has 5 aromatic carbocycles. The Kier molecular flexibility index (Phi) is 12.9. The van der Waals surface area contributed by atoms with Gasteiger partial charge in [0.2, 0.25) is 17.5 Å². The predicted octanol–water partition coefficient (Wildman–Crippen LogP) is 6.85. The third-order valence-corrected chi connectivity index (χ3v) is 10.4. The molecule has 0 radical (unpaired) electrons. The minimum absolute atomic E-state index is 0.587. The molecule has 0 fully saturated rings. The van der Waals surface area contributed by atoms with Crippen molar-refractivity contribution in [3.8, 4) is 34.2 Å². The van der Waals surface area contributed by atoms with E-state index in [1.807, 2.05) is 118 Å². The number of hydrogen-bond acceptors (Lipinski definition) is 16. The second-order valence-electron chi connectivity index (χ2n) is 15.0. The fraction of sp³-hybridized carbons (Fsp3) is 0.136. The van der Waals surface area contributed by atoms with Gasteiger partial charge in [0, 0.05) is 34.6 Å². The molecule has 0 saturated heterocycles. The first kappa shape index (κ1) is 44.0. The Hall–Kier alpha value is -9.19. The number of rotatable bonds is 5. The number of nitrogens with one attached hydrogen (secondary N) is 8. The van der Waals surface area contributed by atoms with Crippen molar-refractivity contribution in [2.45, 2.75) is 39.9 Å². The van der Waals surface area contributed by atoms with Crippen molar-refractivity contribution in [2.24, 2.45) is 0 Å². The van der Waals surface area contributed by atoms with Gasteiger partial charge in [-0.1, -0.05) is 19.1 Å². The molecule has 0 saturated carbocycles. The normalized spacial score (nSPS) is 10.9. The van der Waals surface area contributed by atoms with Crippen LogP contribution in [0, 0.1) is 20.8 Å². The summed E-state index contributed by atoms with van der Waals surface area (Å²) in [7, 11) is 0. The summed E-state index contributed by atoms with van der Waals surface area (Å²) < 4.78 is 0. The second-order valence-corrected chi connectivity index (χ2v) is 15.4. The zero-order valence-corrected chi connectivity index (χ0v) is 37.8. The molecular formula is C44H43N23S. The topological polar surface area (TPSA) is 333 Å². The summed E-state index contributed by atoms with van der Waals surface area (Å²) >= 11 is 4.13. The minimum Gasteiger partial charge on any atom is -0.399 e. The lowest BCUT2D eigenvalue weighted by Crippen LogP contribution is -1.82. The molecule has 8 aromatic heterocycles. The van der Waals surface area contributed by atoms with E-state index in [9.17, 15) is 0 Å². The molecule has 23 nitrogen and oxygen atoms in total. The van der Waals surface area contributed by atoms with E-state index in [0.29, 0.717) is 23.2 Å². The summed E-state index contributed by atoms with van der Waals surface area (Å²) in [5, 5.41) is 41.4. The lowest BCUT2D eigenvalue weighted by Gasteiger charge is -1.93. The number of fused-ring (bicyclic) bond motifs is 5. The van der Waals surface area contributed by atoms with Crippen molar-refractivity contribution in [3.05, 3.63) is 126 Å². The largest absolute Gasteiger partial charge is 0.399 e. The number of benzene rings is 5. The summed E-state index contributed by atoms with van der Waals surface area (Å²) in [5.74, 6) is 7.06. The van der Waals surface area contributed by atoms with E-state index in [1.54, 1.807) is 0 Å². The number of anilines is 1. The zero-order valence-electron chi connectivity index (χ0n) is 36.9. The van der Waals surface area contributed by atoms with Gasteiger partial charge in [0.15, 0.2) is 0 Å². The number of nitrogen functional groups attached to an aromatic ring is 1. The number of aromatic amines is 8. The van der Waals surface area contributed by atoms with Crippen molar-refractivity contribution >= 4 is 73.5 Å². The van der Waals surface area contributed by atoms with Crippen molar-refractivity contribution in [2.75, 3.05) is 5.73 Å². The fourth-order valence-electron chi connectivity index (χ4n) is 7.01. The molecular weight excluding hydrogens is 883 g/mol. The van der Waals surface area contributed by atoms with Gasteiger partial charge in [0.25, 0.3) is 0 Å².